The highest BCUT2D eigenvalue weighted by Crippen LogP contribution is 2.52. The van der Waals surface area contributed by atoms with Crippen molar-refractivity contribution in [3.63, 3.8) is 0 Å². The van der Waals surface area contributed by atoms with Crippen LogP contribution in [0.15, 0.2) is 249 Å². The van der Waals surface area contributed by atoms with Gasteiger partial charge in [0.05, 0.1) is 0 Å². The Morgan fingerprint density at radius 1 is 0.186 bits per heavy atom. The van der Waals surface area contributed by atoms with Crippen molar-refractivity contribution in [2.75, 3.05) is 4.90 Å². The van der Waals surface area contributed by atoms with Crippen LogP contribution in [0.3, 0.4) is 0 Å². The third kappa shape index (κ3) is 6.61. The summed E-state index contributed by atoms with van der Waals surface area (Å²) in [6.07, 6.45) is 0. The van der Waals surface area contributed by atoms with Gasteiger partial charge in [-0.15, -0.1) is 0 Å². The van der Waals surface area contributed by atoms with Crippen molar-refractivity contribution >= 4 is 17.1 Å². The second-order valence-corrected chi connectivity index (χ2v) is 18.0. The SMILES string of the molecule is c1ccc2c(c1)Oc1cc(-c3ccc(-c4ccc(N(c5ccc6c(c5)-c5ccccc5Oc5ccccc5-6)c5ccc6c(c5)-c5ccccc5Oc5ccccc5-6)cc4)cc3)ccc1-c1ccccc1-2. The molecule has 0 fully saturated rings. The van der Waals surface area contributed by atoms with Gasteiger partial charge >= 0.3 is 0 Å². The summed E-state index contributed by atoms with van der Waals surface area (Å²) in [4.78, 5) is 2.37. The van der Waals surface area contributed by atoms with Gasteiger partial charge in [0.1, 0.15) is 34.5 Å². The molecule has 0 spiro atoms. The van der Waals surface area contributed by atoms with Gasteiger partial charge in [-0.25, -0.2) is 0 Å². The highest BCUT2D eigenvalue weighted by molar-refractivity contribution is 5.97. The van der Waals surface area contributed by atoms with Crippen molar-refractivity contribution in [3.05, 3.63) is 249 Å². The minimum atomic E-state index is 0.833. The molecule has 0 N–H and O–H groups in total. The van der Waals surface area contributed by atoms with Crippen molar-refractivity contribution in [1.29, 1.82) is 0 Å². The fourth-order valence-electron chi connectivity index (χ4n) is 10.6. The van der Waals surface area contributed by atoms with Crippen molar-refractivity contribution in [2.24, 2.45) is 0 Å². The van der Waals surface area contributed by atoms with E-state index >= 15 is 0 Å². The highest BCUT2D eigenvalue weighted by Gasteiger charge is 2.26. The van der Waals surface area contributed by atoms with E-state index in [9.17, 15) is 0 Å². The summed E-state index contributed by atoms with van der Waals surface area (Å²) >= 11 is 0. The van der Waals surface area contributed by atoms with Gasteiger partial charge in [0.2, 0.25) is 0 Å². The van der Waals surface area contributed by atoms with Gasteiger partial charge in [-0.3, -0.25) is 0 Å². The van der Waals surface area contributed by atoms with Gasteiger partial charge in [0.25, 0.3) is 0 Å². The van der Waals surface area contributed by atoms with Crippen molar-refractivity contribution in [2.45, 2.75) is 0 Å². The lowest BCUT2D eigenvalue weighted by atomic mass is 9.92. The van der Waals surface area contributed by atoms with E-state index in [1.165, 1.54) is 11.1 Å². The number of hydrogen-bond donors (Lipinski definition) is 0. The van der Waals surface area contributed by atoms with Crippen LogP contribution in [0.1, 0.15) is 0 Å². The number of hydrogen-bond acceptors (Lipinski definition) is 4. The molecule has 0 aliphatic carbocycles. The zero-order valence-electron chi connectivity index (χ0n) is 37.8. The van der Waals surface area contributed by atoms with Gasteiger partial charge in [-0.2, -0.15) is 0 Å². The van der Waals surface area contributed by atoms with E-state index < -0.39 is 0 Å². The maximum absolute atomic E-state index is 6.64. The van der Waals surface area contributed by atoms with Gasteiger partial charge in [-0.05, 0) is 134 Å². The smallest absolute Gasteiger partial charge is 0.135 e. The zero-order valence-corrected chi connectivity index (χ0v) is 37.8. The normalized spacial score (nSPS) is 12.1. The van der Waals surface area contributed by atoms with Gasteiger partial charge < -0.3 is 19.1 Å². The summed E-state index contributed by atoms with van der Waals surface area (Å²) in [5.74, 6) is 5.08. The molecule has 11 aromatic rings. The molecule has 3 aliphatic rings. The minimum Gasteiger partial charge on any atom is -0.456 e. The monoisotopic (exact) mass is 895 g/mol. The molecule has 4 nitrogen and oxygen atoms in total. The second-order valence-electron chi connectivity index (χ2n) is 18.0. The lowest BCUT2D eigenvalue weighted by Crippen LogP contribution is -2.10. The molecular formula is C66H41NO3. The highest BCUT2D eigenvalue weighted by atomic mass is 16.5. The van der Waals surface area contributed by atoms with E-state index in [4.69, 9.17) is 14.2 Å². The maximum Gasteiger partial charge on any atom is 0.135 e. The first-order valence-corrected chi connectivity index (χ1v) is 23.7. The molecule has 0 aromatic heterocycles. The van der Waals surface area contributed by atoms with Gasteiger partial charge in [0.15, 0.2) is 0 Å². The van der Waals surface area contributed by atoms with Crippen LogP contribution in [0.25, 0.3) is 89.0 Å². The molecule has 0 radical (unpaired) electrons. The summed E-state index contributed by atoms with van der Waals surface area (Å²) in [6.45, 7) is 0. The maximum atomic E-state index is 6.64. The molecule has 14 rings (SSSR count). The number of ether oxygens (including phenoxy) is 3. The molecule has 3 heterocycles. The molecule has 0 saturated heterocycles. The fourth-order valence-corrected chi connectivity index (χ4v) is 10.6. The lowest BCUT2D eigenvalue weighted by Gasteiger charge is -2.28. The Bertz CT molecular complexity index is 3730. The molecule has 0 atom stereocenters. The first-order valence-electron chi connectivity index (χ1n) is 23.7. The first kappa shape index (κ1) is 39.8. The number of benzene rings is 11. The molecule has 0 amide bonds. The Kier molecular flexibility index (Phi) is 9.17. The topological polar surface area (TPSA) is 30.9 Å². The third-order valence-corrected chi connectivity index (χ3v) is 13.9. The van der Waals surface area contributed by atoms with E-state index in [0.29, 0.717) is 0 Å². The largest absolute Gasteiger partial charge is 0.456 e. The number of para-hydroxylation sites is 5. The van der Waals surface area contributed by atoms with Crippen molar-refractivity contribution in [1.82, 2.24) is 0 Å². The Balaban J connectivity index is 0.861. The van der Waals surface area contributed by atoms with Crippen LogP contribution < -0.4 is 19.1 Å². The first-order chi connectivity index (χ1) is 34.7. The molecule has 11 aromatic carbocycles. The van der Waals surface area contributed by atoms with E-state index in [2.05, 4.69) is 223 Å². The number of anilines is 3. The Labute approximate surface area is 406 Å². The summed E-state index contributed by atoms with van der Waals surface area (Å²) in [6, 6.07) is 88.1. The molecule has 0 unspecified atom stereocenters. The number of fused-ring (bicyclic) bond motifs is 15. The molecule has 3 aliphatic heterocycles. The molecule has 328 valence electrons. The average molecular weight is 896 g/mol. The van der Waals surface area contributed by atoms with Gasteiger partial charge in [-0.1, -0.05) is 170 Å². The van der Waals surface area contributed by atoms with E-state index in [1.807, 2.05) is 30.3 Å². The van der Waals surface area contributed by atoms with Gasteiger partial charge in [0, 0.05) is 50.4 Å². The number of rotatable bonds is 5. The second kappa shape index (κ2) is 16.2. The lowest BCUT2D eigenvalue weighted by molar-refractivity contribution is 0.487. The molecule has 4 heteroatoms. The number of nitrogens with zero attached hydrogens (tertiary/aromatic N) is 1. The van der Waals surface area contributed by atoms with Crippen LogP contribution in [0, 0.1) is 0 Å². The van der Waals surface area contributed by atoms with E-state index in [0.717, 1.165) is 129 Å². The summed E-state index contributed by atoms with van der Waals surface area (Å²) in [5.41, 5.74) is 20.8. The quantitative estimate of drug-likeness (QED) is 0.172. The van der Waals surface area contributed by atoms with E-state index in [1.54, 1.807) is 0 Å². The Hall–Kier alpha value is -9.38. The Morgan fingerprint density at radius 2 is 0.457 bits per heavy atom. The third-order valence-electron chi connectivity index (χ3n) is 13.9. The molecule has 0 bridgehead atoms. The van der Waals surface area contributed by atoms with Crippen LogP contribution in [-0.2, 0) is 0 Å². The van der Waals surface area contributed by atoms with Crippen LogP contribution in [0.4, 0.5) is 17.1 Å². The van der Waals surface area contributed by atoms with E-state index in [-0.39, 0.29) is 0 Å². The molecule has 0 saturated carbocycles. The van der Waals surface area contributed by atoms with Crippen LogP contribution >= 0.6 is 0 Å². The Morgan fingerprint density at radius 3 is 0.886 bits per heavy atom. The predicted octanol–water partition coefficient (Wildman–Crippen LogP) is 18.8. The minimum absolute atomic E-state index is 0.833. The van der Waals surface area contributed by atoms with Crippen LogP contribution in [0.2, 0.25) is 0 Å². The van der Waals surface area contributed by atoms with Crippen LogP contribution in [-0.4, -0.2) is 0 Å². The van der Waals surface area contributed by atoms with Crippen LogP contribution in [0.5, 0.6) is 34.5 Å². The van der Waals surface area contributed by atoms with Crippen molar-refractivity contribution in [3.8, 4) is 124 Å². The molecular weight excluding hydrogens is 855 g/mol. The molecule has 70 heavy (non-hydrogen) atoms. The summed E-state index contributed by atoms with van der Waals surface area (Å²) < 4.78 is 19.8. The standard InChI is InChI=1S/C66H41NO3/c1-2-14-50-49(13-1)53-15-3-10-22-63(53)70-66-39-45(31-36-58(50)66)44-27-25-42(26-28-44)43-29-32-46(33-30-43)67(47-34-37-51-54-16-4-8-20-61(54)68-64-23-11-6-18-56(64)59(51)40-47)48-35-38-52-55-17-5-9-21-62(55)69-65-24-12-7-19-57(65)60(52)41-48/h1-41H. The fraction of sp³-hybridized carbons (Fsp3) is 0. The summed E-state index contributed by atoms with van der Waals surface area (Å²) in [7, 11) is 0. The van der Waals surface area contributed by atoms with Crippen molar-refractivity contribution < 1.29 is 14.2 Å². The summed E-state index contributed by atoms with van der Waals surface area (Å²) in [5, 5.41) is 0. The zero-order chi connectivity index (χ0) is 46.1. The predicted molar refractivity (Wildman–Crippen MR) is 285 cm³/mol. The average Bonchev–Trinajstić information content (AvgIpc) is 3.73.